The highest BCUT2D eigenvalue weighted by Crippen LogP contribution is 2.30. The summed E-state index contributed by atoms with van der Waals surface area (Å²) in [6.45, 7) is 2.07. The average molecular weight is 313 g/mol. The molecule has 1 saturated heterocycles. The molecule has 6 heteroatoms. The van der Waals surface area contributed by atoms with Crippen LogP contribution in [0.4, 0.5) is 0 Å². The summed E-state index contributed by atoms with van der Waals surface area (Å²) in [7, 11) is 0. The summed E-state index contributed by atoms with van der Waals surface area (Å²) in [5.74, 6) is -1.22. The molecule has 0 saturated carbocycles. The Labute approximate surface area is 113 Å². The standard InChI is InChI=1S/C12H13BrN2O3/c1-12(11(17)18)4-2-6-15(12)10(16)8-3-5-14-9(13)7-8/h3,5,7H,2,4,6H2,1H3,(H,17,18). The van der Waals surface area contributed by atoms with E-state index in [1.807, 2.05) is 0 Å². The van der Waals surface area contributed by atoms with Crippen LogP contribution in [0.1, 0.15) is 30.1 Å². The van der Waals surface area contributed by atoms with Gasteiger partial charge in [0.05, 0.1) is 0 Å². The van der Waals surface area contributed by atoms with E-state index in [0.717, 1.165) is 0 Å². The van der Waals surface area contributed by atoms with Gasteiger partial charge in [0.1, 0.15) is 10.1 Å². The molecule has 1 aromatic heterocycles. The Morgan fingerprint density at radius 3 is 2.89 bits per heavy atom. The molecule has 1 fully saturated rings. The topological polar surface area (TPSA) is 70.5 Å². The number of halogens is 1. The summed E-state index contributed by atoms with van der Waals surface area (Å²) in [6, 6.07) is 3.19. The molecule has 18 heavy (non-hydrogen) atoms. The Morgan fingerprint density at radius 1 is 1.56 bits per heavy atom. The second kappa shape index (κ2) is 4.68. The van der Waals surface area contributed by atoms with E-state index in [9.17, 15) is 14.7 Å². The van der Waals surface area contributed by atoms with Crippen molar-refractivity contribution < 1.29 is 14.7 Å². The molecular formula is C12H13BrN2O3. The van der Waals surface area contributed by atoms with Crippen molar-refractivity contribution in [1.29, 1.82) is 0 Å². The summed E-state index contributed by atoms with van der Waals surface area (Å²) < 4.78 is 0.560. The van der Waals surface area contributed by atoms with E-state index >= 15 is 0 Å². The number of nitrogens with zero attached hydrogens (tertiary/aromatic N) is 2. The first-order valence-electron chi connectivity index (χ1n) is 5.62. The zero-order chi connectivity index (χ0) is 13.3. The van der Waals surface area contributed by atoms with Crippen molar-refractivity contribution in [2.24, 2.45) is 0 Å². The zero-order valence-electron chi connectivity index (χ0n) is 9.89. The third kappa shape index (κ3) is 2.12. The van der Waals surface area contributed by atoms with Crippen LogP contribution < -0.4 is 0 Å². The Morgan fingerprint density at radius 2 is 2.28 bits per heavy atom. The van der Waals surface area contributed by atoms with Gasteiger partial charge in [0, 0.05) is 18.3 Å². The third-order valence-electron chi connectivity index (χ3n) is 3.32. The lowest BCUT2D eigenvalue weighted by molar-refractivity contribution is -0.147. The number of carbonyl (C=O) groups excluding carboxylic acids is 1. The number of aliphatic carboxylic acids is 1. The monoisotopic (exact) mass is 312 g/mol. The van der Waals surface area contributed by atoms with Gasteiger partial charge < -0.3 is 10.0 Å². The molecule has 0 bridgehead atoms. The first-order valence-corrected chi connectivity index (χ1v) is 6.41. The van der Waals surface area contributed by atoms with E-state index in [0.29, 0.717) is 29.6 Å². The van der Waals surface area contributed by atoms with Crippen LogP contribution in [-0.4, -0.2) is 39.0 Å². The Bertz CT molecular complexity index is 506. The minimum Gasteiger partial charge on any atom is -0.480 e. The van der Waals surface area contributed by atoms with Gasteiger partial charge in [-0.05, 0) is 47.8 Å². The molecule has 1 aliphatic heterocycles. The number of hydrogen-bond acceptors (Lipinski definition) is 3. The van der Waals surface area contributed by atoms with Crippen molar-refractivity contribution in [2.75, 3.05) is 6.54 Å². The largest absolute Gasteiger partial charge is 0.480 e. The van der Waals surface area contributed by atoms with Crippen molar-refractivity contribution in [2.45, 2.75) is 25.3 Å². The van der Waals surface area contributed by atoms with E-state index in [-0.39, 0.29) is 5.91 Å². The van der Waals surface area contributed by atoms with Crippen LogP contribution in [0.15, 0.2) is 22.9 Å². The summed E-state index contributed by atoms with van der Waals surface area (Å²) in [4.78, 5) is 29.0. The SMILES string of the molecule is CC1(C(=O)O)CCCN1C(=O)c1ccnc(Br)c1. The Kier molecular flexibility index (Phi) is 3.38. The maximum atomic E-state index is 12.3. The Hall–Kier alpha value is -1.43. The van der Waals surface area contributed by atoms with Crippen LogP contribution >= 0.6 is 15.9 Å². The highest BCUT2D eigenvalue weighted by Gasteiger charge is 2.46. The fourth-order valence-electron chi connectivity index (χ4n) is 2.20. The number of hydrogen-bond donors (Lipinski definition) is 1. The quantitative estimate of drug-likeness (QED) is 0.847. The molecule has 5 nitrogen and oxygen atoms in total. The first-order chi connectivity index (χ1) is 8.45. The van der Waals surface area contributed by atoms with E-state index in [2.05, 4.69) is 20.9 Å². The number of carboxylic acid groups (broad SMARTS) is 1. The lowest BCUT2D eigenvalue weighted by Crippen LogP contribution is -2.50. The van der Waals surface area contributed by atoms with Crippen molar-refractivity contribution in [3.8, 4) is 0 Å². The van der Waals surface area contributed by atoms with Gasteiger partial charge >= 0.3 is 5.97 Å². The molecule has 2 heterocycles. The number of pyridine rings is 1. The van der Waals surface area contributed by atoms with E-state index in [1.165, 1.54) is 11.1 Å². The lowest BCUT2D eigenvalue weighted by atomic mass is 9.98. The van der Waals surface area contributed by atoms with Crippen molar-refractivity contribution in [1.82, 2.24) is 9.88 Å². The number of rotatable bonds is 2. The van der Waals surface area contributed by atoms with Crippen LogP contribution in [0.5, 0.6) is 0 Å². The van der Waals surface area contributed by atoms with Crippen LogP contribution in [0.2, 0.25) is 0 Å². The molecule has 1 aliphatic rings. The second-order valence-corrected chi connectivity index (χ2v) is 5.32. The number of amides is 1. The molecular weight excluding hydrogens is 300 g/mol. The molecule has 1 aromatic rings. The lowest BCUT2D eigenvalue weighted by Gasteiger charge is -2.31. The number of aromatic nitrogens is 1. The normalized spacial score (nSPS) is 23.1. The summed E-state index contributed by atoms with van der Waals surface area (Å²) in [6.07, 6.45) is 2.71. The molecule has 0 radical (unpaired) electrons. The van der Waals surface area contributed by atoms with Crippen LogP contribution in [0.3, 0.4) is 0 Å². The highest BCUT2D eigenvalue weighted by atomic mass is 79.9. The summed E-state index contributed by atoms with van der Waals surface area (Å²) in [5.41, 5.74) is -0.654. The molecule has 96 valence electrons. The van der Waals surface area contributed by atoms with Crippen molar-refractivity contribution in [3.05, 3.63) is 28.5 Å². The second-order valence-electron chi connectivity index (χ2n) is 4.51. The zero-order valence-corrected chi connectivity index (χ0v) is 11.5. The predicted molar refractivity (Wildman–Crippen MR) is 68.2 cm³/mol. The number of carboxylic acids is 1. The van der Waals surface area contributed by atoms with E-state index in [1.54, 1.807) is 19.1 Å². The van der Waals surface area contributed by atoms with Crippen LogP contribution in [0, 0.1) is 0 Å². The number of likely N-dealkylation sites (tertiary alicyclic amines) is 1. The van der Waals surface area contributed by atoms with Gasteiger partial charge in [-0.25, -0.2) is 9.78 Å². The Balaban J connectivity index is 2.32. The minimum atomic E-state index is -1.10. The van der Waals surface area contributed by atoms with Gasteiger partial charge in [0.15, 0.2) is 0 Å². The molecule has 0 aromatic carbocycles. The van der Waals surface area contributed by atoms with Crippen molar-refractivity contribution in [3.63, 3.8) is 0 Å². The summed E-state index contributed by atoms with van der Waals surface area (Å²) in [5, 5.41) is 9.28. The highest BCUT2D eigenvalue weighted by molar-refractivity contribution is 9.10. The maximum Gasteiger partial charge on any atom is 0.329 e. The van der Waals surface area contributed by atoms with Gasteiger partial charge in [0.25, 0.3) is 5.91 Å². The molecule has 1 amide bonds. The first kappa shape index (κ1) is 13.0. The smallest absolute Gasteiger partial charge is 0.329 e. The van der Waals surface area contributed by atoms with E-state index in [4.69, 9.17) is 0 Å². The van der Waals surface area contributed by atoms with Crippen LogP contribution in [0.25, 0.3) is 0 Å². The fourth-order valence-corrected chi connectivity index (χ4v) is 2.57. The predicted octanol–water partition coefficient (Wildman–Crippen LogP) is 1.92. The minimum absolute atomic E-state index is 0.263. The maximum absolute atomic E-state index is 12.3. The van der Waals surface area contributed by atoms with E-state index < -0.39 is 11.5 Å². The van der Waals surface area contributed by atoms with Crippen LogP contribution in [-0.2, 0) is 4.79 Å². The fraction of sp³-hybridized carbons (Fsp3) is 0.417. The molecule has 2 rings (SSSR count). The van der Waals surface area contributed by atoms with Crippen molar-refractivity contribution >= 4 is 27.8 Å². The molecule has 0 spiro atoms. The third-order valence-corrected chi connectivity index (χ3v) is 3.75. The van der Waals surface area contributed by atoms with Gasteiger partial charge in [-0.3, -0.25) is 4.79 Å². The molecule has 0 aliphatic carbocycles. The molecule has 1 atom stereocenters. The summed E-state index contributed by atoms with van der Waals surface area (Å²) >= 11 is 3.20. The van der Waals surface area contributed by atoms with Gasteiger partial charge in [-0.1, -0.05) is 0 Å². The molecule has 1 unspecified atom stereocenters. The molecule has 1 N–H and O–H groups in total. The van der Waals surface area contributed by atoms with Gasteiger partial charge in [-0.15, -0.1) is 0 Å². The van der Waals surface area contributed by atoms with Gasteiger partial charge in [-0.2, -0.15) is 0 Å². The van der Waals surface area contributed by atoms with Gasteiger partial charge in [0.2, 0.25) is 0 Å². The number of carbonyl (C=O) groups is 2. The average Bonchev–Trinajstić information content (AvgIpc) is 2.72.